The van der Waals surface area contributed by atoms with Crippen LogP contribution in [0, 0.1) is 0 Å². The summed E-state index contributed by atoms with van der Waals surface area (Å²) in [7, 11) is 0. The molecule has 0 saturated carbocycles. The van der Waals surface area contributed by atoms with Gasteiger partial charge in [0.15, 0.2) is 0 Å². The number of likely N-dealkylation sites (tertiary alicyclic amines) is 1. The van der Waals surface area contributed by atoms with E-state index in [4.69, 9.17) is 11.5 Å². The first-order valence-corrected chi connectivity index (χ1v) is 12.1. The molecule has 4 unspecified atom stereocenters. The number of carboxylic acids is 2. The zero-order valence-corrected chi connectivity index (χ0v) is 20.5. The van der Waals surface area contributed by atoms with E-state index in [2.05, 4.69) is 10.6 Å². The number of nitrogens with one attached hydrogen (secondary N) is 2. The van der Waals surface area contributed by atoms with Crippen LogP contribution in [-0.4, -0.2) is 87.1 Å². The van der Waals surface area contributed by atoms with Crippen molar-refractivity contribution in [3.05, 3.63) is 29.8 Å². The SMILES string of the molecule is NCCCCC(N)C(=O)N1CCCC1C(=O)NC(CC(=O)O)C(=O)NC(Cc1ccc(O)cc1)C(=O)O. The molecule has 0 aliphatic carbocycles. The largest absolute Gasteiger partial charge is 0.508 e. The summed E-state index contributed by atoms with van der Waals surface area (Å²) in [5.74, 6) is -4.87. The monoisotopic (exact) mass is 521 g/mol. The van der Waals surface area contributed by atoms with Gasteiger partial charge in [0.2, 0.25) is 17.7 Å². The van der Waals surface area contributed by atoms with E-state index in [0.717, 1.165) is 0 Å². The molecule has 0 radical (unpaired) electrons. The highest BCUT2D eigenvalue weighted by atomic mass is 16.4. The molecule has 3 amide bonds. The molecule has 0 aromatic heterocycles. The third kappa shape index (κ3) is 9.03. The summed E-state index contributed by atoms with van der Waals surface area (Å²) in [5.41, 5.74) is 12.0. The number of rotatable bonds is 14. The van der Waals surface area contributed by atoms with Crippen molar-refractivity contribution in [1.82, 2.24) is 15.5 Å². The standard InChI is InChI=1S/C24H35N5O8/c25-10-2-1-4-16(26)23(35)29-11-3-5-19(29)22(34)27-17(13-20(31)32)21(33)28-18(24(36)37)12-14-6-8-15(30)9-7-14/h6-9,16-19,30H,1-5,10-13,25-26H2,(H,27,34)(H,28,33)(H,31,32)(H,36,37). The van der Waals surface area contributed by atoms with E-state index in [1.54, 1.807) is 0 Å². The minimum atomic E-state index is -1.57. The van der Waals surface area contributed by atoms with Crippen molar-refractivity contribution in [1.29, 1.82) is 0 Å². The quantitative estimate of drug-likeness (QED) is 0.146. The van der Waals surface area contributed by atoms with Crippen molar-refractivity contribution in [2.75, 3.05) is 13.1 Å². The second-order valence-corrected chi connectivity index (χ2v) is 9.01. The minimum absolute atomic E-state index is 0.0140. The molecule has 13 heteroatoms. The fourth-order valence-electron chi connectivity index (χ4n) is 4.14. The van der Waals surface area contributed by atoms with Crippen LogP contribution in [0.1, 0.15) is 44.1 Å². The highest BCUT2D eigenvalue weighted by Crippen LogP contribution is 2.20. The molecule has 1 heterocycles. The van der Waals surface area contributed by atoms with E-state index in [-0.39, 0.29) is 12.2 Å². The fourth-order valence-corrected chi connectivity index (χ4v) is 4.14. The lowest BCUT2D eigenvalue weighted by atomic mass is 10.0. The number of carboxylic acid groups (broad SMARTS) is 2. The Morgan fingerprint density at radius 1 is 1.03 bits per heavy atom. The van der Waals surface area contributed by atoms with Crippen molar-refractivity contribution in [3.8, 4) is 5.75 Å². The first kappa shape index (κ1) is 29.5. The number of unbranched alkanes of at least 4 members (excludes halogenated alkanes) is 1. The number of aromatic hydroxyl groups is 1. The molecule has 1 aliphatic heterocycles. The van der Waals surface area contributed by atoms with E-state index in [0.29, 0.717) is 50.8 Å². The lowest BCUT2D eigenvalue weighted by Gasteiger charge is -2.28. The second kappa shape index (κ2) is 14.1. The number of hydrogen-bond acceptors (Lipinski definition) is 8. The summed E-state index contributed by atoms with van der Waals surface area (Å²) in [5, 5.41) is 32.9. The Morgan fingerprint density at radius 3 is 2.30 bits per heavy atom. The predicted molar refractivity (Wildman–Crippen MR) is 131 cm³/mol. The van der Waals surface area contributed by atoms with Crippen molar-refractivity contribution in [2.24, 2.45) is 11.5 Å². The molecule has 4 atom stereocenters. The van der Waals surface area contributed by atoms with Crippen molar-refractivity contribution < 1.29 is 39.3 Å². The van der Waals surface area contributed by atoms with Gasteiger partial charge in [-0.05, 0) is 49.9 Å². The van der Waals surface area contributed by atoms with Gasteiger partial charge in [-0.1, -0.05) is 18.6 Å². The molecule has 204 valence electrons. The average molecular weight is 522 g/mol. The van der Waals surface area contributed by atoms with Crippen molar-refractivity contribution in [3.63, 3.8) is 0 Å². The Morgan fingerprint density at radius 2 is 1.70 bits per heavy atom. The molecule has 1 saturated heterocycles. The molecule has 1 aromatic rings. The first-order valence-electron chi connectivity index (χ1n) is 12.1. The third-order valence-electron chi connectivity index (χ3n) is 6.13. The summed E-state index contributed by atoms with van der Waals surface area (Å²) in [6, 6.07) is 0.980. The van der Waals surface area contributed by atoms with E-state index < -0.39 is 60.2 Å². The van der Waals surface area contributed by atoms with Crippen LogP contribution in [0.2, 0.25) is 0 Å². The number of amides is 3. The molecule has 2 rings (SSSR count). The highest BCUT2D eigenvalue weighted by Gasteiger charge is 2.38. The normalized spacial score (nSPS) is 17.5. The molecule has 1 aliphatic rings. The van der Waals surface area contributed by atoms with Crippen LogP contribution in [-0.2, 0) is 30.4 Å². The molecule has 1 fully saturated rings. The van der Waals surface area contributed by atoms with Crippen LogP contribution in [0.15, 0.2) is 24.3 Å². The average Bonchev–Trinajstić information content (AvgIpc) is 3.33. The third-order valence-corrected chi connectivity index (χ3v) is 6.13. The molecule has 9 N–H and O–H groups in total. The smallest absolute Gasteiger partial charge is 0.326 e. The Bertz CT molecular complexity index is 970. The van der Waals surface area contributed by atoms with E-state index in [9.17, 15) is 39.3 Å². The number of aliphatic carboxylic acids is 2. The second-order valence-electron chi connectivity index (χ2n) is 9.01. The Hall–Kier alpha value is -3.71. The van der Waals surface area contributed by atoms with Gasteiger partial charge in [-0.25, -0.2) is 4.79 Å². The molecular weight excluding hydrogens is 486 g/mol. The maximum atomic E-state index is 13.0. The maximum absolute atomic E-state index is 13.0. The number of benzene rings is 1. The van der Waals surface area contributed by atoms with Gasteiger partial charge in [0, 0.05) is 13.0 Å². The van der Waals surface area contributed by atoms with Crippen LogP contribution < -0.4 is 22.1 Å². The summed E-state index contributed by atoms with van der Waals surface area (Å²) in [4.78, 5) is 63.1. The van der Waals surface area contributed by atoms with Crippen LogP contribution in [0.3, 0.4) is 0 Å². The van der Waals surface area contributed by atoms with E-state index >= 15 is 0 Å². The first-order chi connectivity index (χ1) is 17.5. The fraction of sp³-hybridized carbons (Fsp3) is 0.542. The number of phenolic OH excluding ortho intramolecular Hbond substituents is 1. The van der Waals surface area contributed by atoms with Gasteiger partial charge in [0.25, 0.3) is 0 Å². The predicted octanol–water partition coefficient (Wildman–Crippen LogP) is -1.09. The van der Waals surface area contributed by atoms with Gasteiger partial charge in [-0.2, -0.15) is 0 Å². The summed E-state index contributed by atoms with van der Waals surface area (Å²) >= 11 is 0. The molecule has 37 heavy (non-hydrogen) atoms. The van der Waals surface area contributed by atoms with Crippen LogP contribution in [0.25, 0.3) is 0 Å². The number of nitrogens with two attached hydrogens (primary N) is 2. The van der Waals surface area contributed by atoms with Gasteiger partial charge < -0.3 is 42.3 Å². The highest BCUT2D eigenvalue weighted by molar-refractivity contribution is 5.95. The van der Waals surface area contributed by atoms with Gasteiger partial charge in [0.1, 0.15) is 23.9 Å². The summed E-state index contributed by atoms with van der Waals surface area (Å²) in [6.07, 6.45) is 1.69. The van der Waals surface area contributed by atoms with Crippen LogP contribution in [0.5, 0.6) is 5.75 Å². The Labute approximate surface area is 214 Å². The number of phenols is 1. The molecule has 1 aromatic carbocycles. The number of hydrogen-bond donors (Lipinski definition) is 7. The van der Waals surface area contributed by atoms with Gasteiger partial charge >= 0.3 is 11.9 Å². The van der Waals surface area contributed by atoms with Crippen molar-refractivity contribution in [2.45, 2.75) is 69.1 Å². The zero-order chi connectivity index (χ0) is 27.5. The Kier molecular flexibility index (Phi) is 11.3. The van der Waals surface area contributed by atoms with Crippen LogP contribution >= 0.6 is 0 Å². The lowest BCUT2D eigenvalue weighted by Crippen LogP contribution is -2.57. The van der Waals surface area contributed by atoms with Crippen molar-refractivity contribution >= 4 is 29.7 Å². The zero-order valence-electron chi connectivity index (χ0n) is 20.5. The van der Waals surface area contributed by atoms with E-state index in [1.807, 2.05) is 0 Å². The molecule has 0 bridgehead atoms. The maximum Gasteiger partial charge on any atom is 0.326 e. The summed E-state index contributed by atoms with van der Waals surface area (Å²) < 4.78 is 0. The van der Waals surface area contributed by atoms with Gasteiger partial charge in [0.05, 0.1) is 12.5 Å². The Balaban J connectivity index is 2.08. The summed E-state index contributed by atoms with van der Waals surface area (Å²) in [6.45, 7) is 0.769. The number of nitrogens with zero attached hydrogens (tertiary/aromatic N) is 1. The minimum Gasteiger partial charge on any atom is -0.508 e. The number of carbonyl (C=O) groups excluding carboxylic acids is 3. The molecule has 13 nitrogen and oxygen atoms in total. The van der Waals surface area contributed by atoms with Crippen LogP contribution in [0.4, 0.5) is 0 Å². The molecule has 0 spiro atoms. The van der Waals surface area contributed by atoms with E-state index in [1.165, 1.54) is 29.2 Å². The lowest BCUT2D eigenvalue weighted by molar-refractivity contribution is -0.144. The molecular formula is C24H35N5O8. The van der Waals surface area contributed by atoms with Gasteiger partial charge in [-0.3, -0.25) is 19.2 Å². The topological polar surface area (TPSA) is 225 Å². The van der Waals surface area contributed by atoms with Gasteiger partial charge in [-0.15, -0.1) is 0 Å². The number of carbonyl (C=O) groups is 5.